The molecular formula is C12H19BrN2. The predicted octanol–water partition coefficient (Wildman–Crippen LogP) is 3.37. The third kappa shape index (κ3) is 4.76. The molecule has 3 heteroatoms. The second-order valence-electron chi connectivity index (χ2n) is 4.59. The number of nitrogens with one attached hydrogen (secondary N) is 1. The van der Waals surface area contributed by atoms with E-state index in [1.54, 1.807) is 0 Å². The Hall–Kier alpha value is -0.410. The Labute approximate surface area is 101 Å². The molecular weight excluding hydrogens is 252 g/mol. The summed E-state index contributed by atoms with van der Waals surface area (Å²) in [5.74, 6) is 0. The second kappa shape index (κ2) is 5.61. The molecule has 0 aromatic carbocycles. The van der Waals surface area contributed by atoms with Gasteiger partial charge < -0.3 is 5.32 Å². The average molecular weight is 271 g/mol. The van der Waals surface area contributed by atoms with Crippen molar-refractivity contribution >= 4 is 15.9 Å². The summed E-state index contributed by atoms with van der Waals surface area (Å²) in [7, 11) is 0. The summed E-state index contributed by atoms with van der Waals surface area (Å²) < 4.78 is 1.03. The molecule has 0 saturated carbocycles. The maximum absolute atomic E-state index is 4.31. The van der Waals surface area contributed by atoms with Gasteiger partial charge in [0, 0.05) is 23.8 Å². The van der Waals surface area contributed by atoms with Crippen LogP contribution < -0.4 is 5.32 Å². The summed E-state index contributed by atoms with van der Waals surface area (Å²) in [5.41, 5.74) is 1.46. The molecule has 0 atom stereocenters. The van der Waals surface area contributed by atoms with Crippen LogP contribution in [0.4, 0.5) is 0 Å². The van der Waals surface area contributed by atoms with Crippen LogP contribution in [0, 0.1) is 5.41 Å². The van der Waals surface area contributed by atoms with Crippen molar-refractivity contribution in [1.29, 1.82) is 0 Å². The van der Waals surface area contributed by atoms with Gasteiger partial charge in [0.1, 0.15) is 0 Å². The van der Waals surface area contributed by atoms with E-state index < -0.39 is 0 Å². The fourth-order valence-corrected chi connectivity index (χ4v) is 1.40. The fourth-order valence-electron chi connectivity index (χ4n) is 1.16. The van der Waals surface area contributed by atoms with Crippen LogP contribution in [0.1, 0.15) is 32.9 Å². The van der Waals surface area contributed by atoms with Crippen LogP contribution in [-0.4, -0.2) is 11.5 Å². The maximum Gasteiger partial charge on any atom is 0.0542 e. The summed E-state index contributed by atoms with van der Waals surface area (Å²) in [6, 6.07) is 4.06. The van der Waals surface area contributed by atoms with Crippen molar-refractivity contribution in [3.05, 3.63) is 28.5 Å². The lowest BCUT2D eigenvalue weighted by Gasteiger charge is -2.22. The van der Waals surface area contributed by atoms with Gasteiger partial charge >= 0.3 is 0 Å². The molecule has 1 aromatic heterocycles. The molecule has 0 aliphatic heterocycles. The first-order chi connectivity index (χ1) is 7.03. The lowest BCUT2D eigenvalue weighted by Crippen LogP contribution is -2.28. The van der Waals surface area contributed by atoms with Gasteiger partial charge in [-0.2, -0.15) is 0 Å². The highest BCUT2D eigenvalue weighted by molar-refractivity contribution is 9.10. The van der Waals surface area contributed by atoms with Crippen molar-refractivity contribution in [3.63, 3.8) is 0 Å². The van der Waals surface area contributed by atoms with Gasteiger partial charge in [0.15, 0.2) is 0 Å². The molecule has 2 nitrogen and oxygen atoms in total. The van der Waals surface area contributed by atoms with Crippen molar-refractivity contribution in [1.82, 2.24) is 10.3 Å². The zero-order valence-corrected chi connectivity index (χ0v) is 11.3. The Kier molecular flexibility index (Phi) is 4.74. The molecule has 1 rings (SSSR count). The van der Waals surface area contributed by atoms with Gasteiger partial charge in [0.25, 0.3) is 0 Å². The molecule has 0 aliphatic carbocycles. The molecule has 0 saturated heterocycles. The van der Waals surface area contributed by atoms with Crippen molar-refractivity contribution in [2.24, 2.45) is 5.41 Å². The van der Waals surface area contributed by atoms with E-state index in [0.717, 1.165) is 23.3 Å². The quantitative estimate of drug-likeness (QED) is 0.888. The normalized spacial score (nSPS) is 11.7. The van der Waals surface area contributed by atoms with Crippen molar-refractivity contribution in [3.8, 4) is 0 Å². The minimum Gasteiger partial charge on any atom is -0.311 e. The number of halogens is 1. The van der Waals surface area contributed by atoms with Gasteiger partial charge in [0.2, 0.25) is 0 Å². The Balaban J connectivity index is 2.35. The first-order valence-electron chi connectivity index (χ1n) is 5.35. The van der Waals surface area contributed by atoms with E-state index in [9.17, 15) is 0 Å². The molecule has 0 unspecified atom stereocenters. The number of nitrogens with zero attached hydrogens (tertiary/aromatic N) is 1. The fraction of sp³-hybridized carbons (Fsp3) is 0.583. The molecule has 15 heavy (non-hydrogen) atoms. The average Bonchev–Trinajstić information content (AvgIpc) is 2.21. The molecule has 84 valence electrons. The Bertz CT molecular complexity index is 293. The van der Waals surface area contributed by atoms with Gasteiger partial charge in [-0.3, -0.25) is 4.98 Å². The van der Waals surface area contributed by atoms with Crippen LogP contribution in [0.3, 0.4) is 0 Å². The maximum atomic E-state index is 4.31. The minimum atomic E-state index is 0.370. The van der Waals surface area contributed by atoms with E-state index in [4.69, 9.17) is 0 Å². The highest BCUT2D eigenvalue weighted by Gasteiger charge is 2.13. The smallest absolute Gasteiger partial charge is 0.0542 e. The highest BCUT2D eigenvalue weighted by atomic mass is 79.9. The minimum absolute atomic E-state index is 0.370. The number of aromatic nitrogens is 1. The first-order valence-corrected chi connectivity index (χ1v) is 6.14. The zero-order valence-electron chi connectivity index (χ0n) is 9.68. The van der Waals surface area contributed by atoms with E-state index >= 15 is 0 Å². The summed E-state index contributed by atoms with van der Waals surface area (Å²) in [5, 5.41) is 3.43. The monoisotopic (exact) mass is 270 g/mol. The van der Waals surface area contributed by atoms with Crippen molar-refractivity contribution < 1.29 is 0 Å². The Morgan fingerprint density at radius 2 is 2.13 bits per heavy atom. The molecule has 0 aliphatic rings. The Morgan fingerprint density at radius 3 is 2.67 bits per heavy atom. The van der Waals surface area contributed by atoms with Crippen LogP contribution in [0.25, 0.3) is 0 Å². The highest BCUT2D eigenvalue weighted by Crippen LogP contribution is 2.17. The van der Waals surface area contributed by atoms with Crippen LogP contribution in [0.5, 0.6) is 0 Å². The second-order valence-corrected chi connectivity index (χ2v) is 5.50. The van der Waals surface area contributed by atoms with Crippen LogP contribution in [-0.2, 0) is 6.54 Å². The Morgan fingerprint density at radius 1 is 1.40 bits per heavy atom. The first kappa shape index (κ1) is 12.7. The van der Waals surface area contributed by atoms with E-state index in [-0.39, 0.29) is 0 Å². The number of hydrogen-bond acceptors (Lipinski definition) is 2. The summed E-state index contributed by atoms with van der Waals surface area (Å²) in [6.45, 7) is 8.64. The summed E-state index contributed by atoms with van der Waals surface area (Å²) in [4.78, 5) is 4.31. The molecule has 0 radical (unpaired) electrons. The van der Waals surface area contributed by atoms with Crippen molar-refractivity contribution in [2.75, 3.05) is 6.54 Å². The van der Waals surface area contributed by atoms with Gasteiger partial charge in [-0.15, -0.1) is 0 Å². The topological polar surface area (TPSA) is 24.9 Å². The van der Waals surface area contributed by atoms with Crippen LogP contribution >= 0.6 is 15.9 Å². The van der Waals surface area contributed by atoms with E-state index in [1.807, 2.05) is 18.3 Å². The van der Waals surface area contributed by atoms with Gasteiger partial charge in [-0.25, -0.2) is 0 Å². The largest absolute Gasteiger partial charge is 0.311 e. The van der Waals surface area contributed by atoms with Crippen LogP contribution in [0.2, 0.25) is 0 Å². The summed E-state index contributed by atoms with van der Waals surface area (Å²) in [6.07, 6.45) is 3.02. The number of rotatable bonds is 5. The lowest BCUT2D eigenvalue weighted by molar-refractivity contribution is 0.327. The lowest BCUT2D eigenvalue weighted by atomic mass is 9.90. The van der Waals surface area contributed by atoms with Crippen LogP contribution in [0.15, 0.2) is 22.8 Å². The molecule has 0 amide bonds. The molecule has 0 spiro atoms. The molecule has 1 aromatic rings. The third-order valence-corrected chi connectivity index (χ3v) is 3.12. The van der Waals surface area contributed by atoms with Gasteiger partial charge in [-0.05, 0) is 39.9 Å². The molecule has 1 heterocycles. The predicted molar refractivity (Wildman–Crippen MR) is 67.7 cm³/mol. The molecule has 1 N–H and O–H groups in total. The van der Waals surface area contributed by atoms with Crippen molar-refractivity contribution in [2.45, 2.75) is 33.7 Å². The zero-order chi connectivity index (χ0) is 11.3. The molecule has 0 bridgehead atoms. The standard InChI is InChI=1S/C12H19BrN2/c1-4-12(2,3)9-14-8-11-6-5-10(13)7-15-11/h5-7,14H,4,8-9H2,1-3H3. The third-order valence-electron chi connectivity index (χ3n) is 2.66. The van der Waals surface area contributed by atoms with E-state index in [2.05, 4.69) is 47.0 Å². The van der Waals surface area contributed by atoms with Gasteiger partial charge in [0.05, 0.1) is 5.69 Å². The molecule has 0 fully saturated rings. The van der Waals surface area contributed by atoms with E-state index in [0.29, 0.717) is 5.41 Å². The summed E-state index contributed by atoms with van der Waals surface area (Å²) >= 11 is 3.37. The number of hydrogen-bond donors (Lipinski definition) is 1. The SMILES string of the molecule is CCC(C)(C)CNCc1ccc(Br)cn1. The van der Waals surface area contributed by atoms with E-state index in [1.165, 1.54) is 6.42 Å². The van der Waals surface area contributed by atoms with Gasteiger partial charge in [-0.1, -0.05) is 20.8 Å². The number of pyridine rings is 1.